The lowest BCUT2D eigenvalue weighted by molar-refractivity contribution is 0.348. The fraction of sp³-hybridized carbons (Fsp3) is 0.667. The van der Waals surface area contributed by atoms with Gasteiger partial charge >= 0.3 is 0 Å². The Hall–Kier alpha value is -0.980. The van der Waals surface area contributed by atoms with E-state index in [0.717, 1.165) is 18.4 Å². The van der Waals surface area contributed by atoms with Crippen LogP contribution >= 0.6 is 0 Å². The molecule has 0 fully saturated rings. The Morgan fingerprint density at radius 2 is 1.86 bits per heavy atom. The van der Waals surface area contributed by atoms with Gasteiger partial charge in [0.1, 0.15) is 0 Å². The summed E-state index contributed by atoms with van der Waals surface area (Å²) in [5.41, 5.74) is 0.979. The van der Waals surface area contributed by atoms with Crippen molar-refractivity contribution >= 4 is 10.0 Å². The second-order valence-corrected chi connectivity index (χ2v) is 7.48. The number of aromatic nitrogens is 1. The number of hydrogen-bond donors (Lipinski definition) is 1. The minimum absolute atomic E-state index is 0.0130. The molecule has 0 amide bonds. The number of nitrogens with zero attached hydrogens (tertiary/aromatic N) is 2. The SMILES string of the molecule is CCC(CC)N(C)S(=O)(=O)c1ccc(CNC(C)C)cn1. The van der Waals surface area contributed by atoms with E-state index in [1.807, 2.05) is 19.9 Å². The summed E-state index contributed by atoms with van der Waals surface area (Å²) in [6, 6.07) is 3.80. The molecule has 120 valence electrons. The Morgan fingerprint density at radius 1 is 1.24 bits per heavy atom. The minimum atomic E-state index is -3.51. The van der Waals surface area contributed by atoms with Gasteiger partial charge in [-0.25, -0.2) is 13.4 Å². The number of sulfonamides is 1. The normalized spacial score (nSPS) is 12.6. The topological polar surface area (TPSA) is 62.3 Å². The molecule has 0 spiro atoms. The molecule has 0 aliphatic heterocycles. The van der Waals surface area contributed by atoms with E-state index < -0.39 is 10.0 Å². The quantitative estimate of drug-likeness (QED) is 0.800. The molecule has 0 unspecified atom stereocenters. The van der Waals surface area contributed by atoms with Crippen LogP contribution in [0.25, 0.3) is 0 Å². The summed E-state index contributed by atoms with van der Waals surface area (Å²) in [5, 5.41) is 3.40. The van der Waals surface area contributed by atoms with Gasteiger partial charge in [0.15, 0.2) is 5.03 Å². The maximum atomic E-state index is 12.5. The standard InChI is InChI=1S/C15H27N3O2S/c1-6-14(7-2)18(5)21(19,20)15-9-8-13(11-17-15)10-16-12(3)4/h8-9,11-12,14,16H,6-7,10H2,1-5H3. The fourth-order valence-corrected chi connectivity index (χ4v) is 3.55. The smallest absolute Gasteiger partial charge is 0.260 e. The monoisotopic (exact) mass is 313 g/mol. The zero-order valence-electron chi connectivity index (χ0n) is 13.6. The summed E-state index contributed by atoms with van der Waals surface area (Å²) in [4.78, 5) is 4.13. The van der Waals surface area contributed by atoms with E-state index in [0.29, 0.717) is 12.6 Å². The first-order valence-electron chi connectivity index (χ1n) is 7.49. The number of pyridine rings is 1. The van der Waals surface area contributed by atoms with Crippen LogP contribution in [0.1, 0.15) is 46.1 Å². The average Bonchev–Trinajstić information content (AvgIpc) is 2.46. The molecule has 0 radical (unpaired) electrons. The van der Waals surface area contributed by atoms with E-state index in [4.69, 9.17) is 0 Å². The molecular formula is C15H27N3O2S. The van der Waals surface area contributed by atoms with Crippen molar-refractivity contribution in [2.24, 2.45) is 0 Å². The number of hydrogen-bond acceptors (Lipinski definition) is 4. The Kier molecular flexibility index (Phi) is 6.77. The summed E-state index contributed by atoms with van der Waals surface area (Å²) < 4.78 is 26.5. The lowest BCUT2D eigenvalue weighted by Crippen LogP contribution is -2.36. The van der Waals surface area contributed by atoms with E-state index in [2.05, 4.69) is 24.1 Å². The highest BCUT2D eigenvalue weighted by Crippen LogP contribution is 2.18. The van der Waals surface area contributed by atoms with Crippen molar-refractivity contribution in [1.82, 2.24) is 14.6 Å². The molecule has 1 aromatic heterocycles. The van der Waals surface area contributed by atoms with Crippen molar-refractivity contribution in [2.75, 3.05) is 7.05 Å². The number of nitrogens with one attached hydrogen (secondary N) is 1. The molecule has 0 bridgehead atoms. The molecule has 0 aromatic carbocycles. The lowest BCUT2D eigenvalue weighted by Gasteiger charge is -2.25. The van der Waals surface area contributed by atoms with Crippen LogP contribution in [-0.4, -0.2) is 36.8 Å². The predicted octanol–water partition coefficient (Wildman–Crippen LogP) is 2.39. The minimum Gasteiger partial charge on any atom is -0.310 e. The third kappa shape index (κ3) is 4.76. The highest BCUT2D eigenvalue weighted by Gasteiger charge is 2.26. The van der Waals surface area contributed by atoms with Gasteiger partial charge in [-0.1, -0.05) is 33.8 Å². The van der Waals surface area contributed by atoms with Gasteiger partial charge < -0.3 is 5.32 Å². The highest BCUT2D eigenvalue weighted by molar-refractivity contribution is 7.89. The Morgan fingerprint density at radius 3 is 2.29 bits per heavy atom. The van der Waals surface area contributed by atoms with Crippen LogP contribution in [0.3, 0.4) is 0 Å². The fourth-order valence-electron chi connectivity index (χ4n) is 2.14. The molecule has 0 saturated heterocycles. The van der Waals surface area contributed by atoms with Gasteiger partial charge in [0, 0.05) is 31.9 Å². The van der Waals surface area contributed by atoms with Crippen molar-refractivity contribution < 1.29 is 8.42 Å². The third-order valence-corrected chi connectivity index (χ3v) is 5.44. The van der Waals surface area contributed by atoms with Crippen molar-refractivity contribution in [2.45, 2.75) is 64.2 Å². The van der Waals surface area contributed by atoms with Gasteiger partial charge in [0.25, 0.3) is 10.0 Å². The molecule has 5 nitrogen and oxygen atoms in total. The largest absolute Gasteiger partial charge is 0.310 e. The summed E-state index contributed by atoms with van der Waals surface area (Å²) in [5.74, 6) is 0. The Bertz CT molecular complexity index is 522. The van der Waals surface area contributed by atoms with Crippen LogP contribution in [0.4, 0.5) is 0 Å². The van der Waals surface area contributed by atoms with Crippen LogP contribution in [0.15, 0.2) is 23.4 Å². The van der Waals surface area contributed by atoms with Crippen LogP contribution < -0.4 is 5.32 Å². The maximum Gasteiger partial charge on any atom is 0.260 e. The average molecular weight is 313 g/mol. The molecule has 1 rings (SSSR count). The van der Waals surface area contributed by atoms with E-state index in [-0.39, 0.29) is 11.1 Å². The molecule has 0 aliphatic carbocycles. The molecule has 1 N–H and O–H groups in total. The molecule has 0 saturated carbocycles. The van der Waals surface area contributed by atoms with E-state index in [9.17, 15) is 8.42 Å². The van der Waals surface area contributed by atoms with Crippen molar-refractivity contribution in [3.05, 3.63) is 23.9 Å². The molecule has 6 heteroatoms. The van der Waals surface area contributed by atoms with Crippen molar-refractivity contribution in [3.63, 3.8) is 0 Å². The molecular weight excluding hydrogens is 286 g/mol. The van der Waals surface area contributed by atoms with Crippen LogP contribution in [0.5, 0.6) is 0 Å². The zero-order valence-corrected chi connectivity index (χ0v) is 14.4. The molecule has 1 aromatic rings. The Labute approximate surface area is 128 Å². The molecule has 21 heavy (non-hydrogen) atoms. The second kappa shape index (κ2) is 7.87. The zero-order chi connectivity index (χ0) is 16.0. The van der Waals surface area contributed by atoms with Crippen molar-refractivity contribution in [3.8, 4) is 0 Å². The van der Waals surface area contributed by atoms with Gasteiger partial charge in [0.05, 0.1) is 0 Å². The van der Waals surface area contributed by atoms with Gasteiger partial charge in [-0.3, -0.25) is 0 Å². The van der Waals surface area contributed by atoms with Gasteiger partial charge in [-0.05, 0) is 24.5 Å². The first kappa shape index (κ1) is 18.1. The van der Waals surface area contributed by atoms with Crippen LogP contribution in [0.2, 0.25) is 0 Å². The van der Waals surface area contributed by atoms with Gasteiger partial charge in [0.2, 0.25) is 0 Å². The highest BCUT2D eigenvalue weighted by atomic mass is 32.2. The summed E-state index contributed by atoms with van der Waals surface area (Å²) in [6.07, 6.45) is 3.22. The van der Waals surface area contributed by atoms with Crippen LogP contribution in [0, 0.1) is 0 Å². The first-order valence-corrected chi connectivity index (χ1v) is 8.93. The first-order chi connectivity index (χ1) is 9.82. The second-order valence-electron chi connectivity index (χ2n) is 5.53. The summed E-state index contributed by atoms with van der Waals surface area (Å²) in [7, 11) is -1.88. The van der Waals surface area contributed by atoms with Crippen molar-refractivity contribution in [1.29, 1.82) is 0 Å². The summed E-state index contributed by atoms with van der Waals surface area (Å²) in [6.45, 7) is 8.81. The maximum absolute atomic E-state index is 12.5. The van der Waals surface area contributed by atoms with Gasteiger partial charge in [-0.15, -0.1) is 0 Å². The van der Waals surface area contributed by atoms with Gasteiger partial charge in [-0.2, -0.15) is 4.31 Å². The van der Waals surface area contributed by atoms with E-state index in [1.165, 1.54) is 4.31 Å². The number of rotatable bonds is 8. The van der Waals surface area contributed by atoms with E-state index >= 15 is 0 Å². The van der Waals surface area contributed by atoms with E-state index in [1.54, 1.807) is 19.3 Å². The van der Waals surface area contributed by atoms with Crippen LogP contribution in [-0.2, 0) is 16.6 Å². The lowest BCUT2D eigenvalue weighted by atomic mass is 10.2. The molecule has 0 aliphatic rings. The summed E-state index contributed by atoms with van der Waals surface area (Å²) >= 11 is 0. The third-order valence-electron chi connectivity index (χ3n) is 3.61. The molecule has 1 heterocycles. The predicted molar refractivity (Wildman–Crippen MR) is 85.5 cm³/mol. The Balaban J connectivity index is 2.89. The molecule has 0 atom stereocenters.